The molecular formula is C23H25N3O4S2. The monoisotopic (exact) mass is 471 g/mol. The molecule has 7 nitrogen and oxygen atoms in total. The van der Waals surface area contributed by atoms with Gasteiger partial charge >= 0.3 is 0 Å². The minimum atomic E-state index is -3.61. The largest absolute Gasteiger partial charge is 0.495 e. The molecule has 32 heavy (non-hydrogen) atoms. The van der Waals surface area contributed by atoms with E-state index in [9.17, 15) is 13.2 Å². The number of ether oxygens (including phenoxy) is 1. The highest BCUT2D eigenvalue weighted by atomic mass is 32.2. The molecule has 2 aromatic carbocycles. The lowest BCUT2D eigenvalue weighted by molar-refractivity contribution is -0.119. The van der Waals surface area contributed by atoms with Gasteiger partial charge < -0.3 is 15.4 Å². The molecule has 0 saturated heterocycles. The molecule has 0 radical (unpaired) electrons. The topological polar surface area (TPSA) is 96.5 Å². The summed E-state index contributed by atoms with van der Waals surface area (Å²) in [5, 5.41) is 8.06. The van der Waals surface area contributed by atoms with Crippen molar-refractivity contribution in [1.29, 1.82) is 0 Å². The number of rotatable bonds is 10. The van der Waals surface area contributed by atoms with Crippen LogP contribution in [0, 0.1) is 0 Å². The molecule has 4 rings (SSSR count). The van der Waals surface area contributed by atoms with Crippen molar-refractivity contribution < 1.29 is 17.9 Å². The number of hydrogen-bond acceptors (Lipinski definition) is 6. The molecule has 9 heteroatoms. The van der Waals surface area contributed by atoms with E-state index < -0.39 is 10.0 Å². The molecule has 1 aromatic heterocycles. The highest BCUT2D eigenvalue weighted by Gasteiger charge is 2.28. The number of anilines is 1. The summed E-state index contributed by atoms with van der Waals surface area (Å²) in [5.74, 6) is 0.236. The molecule has 1 fully saturated rings. The Bertz CT molecular complexity index is 1160. The number of nitrogens with one attached hydrogen (secondary N) is 3. The van der Waals surface area contributed by atoms with Crippen LogP contribution in [0.2, 0.25) is 0 Å². The Kier molecular flexibility index (Phi) is 6.78. The first-order valence-electron chi connectivity index (χ1n) is 10.3. The third kappa shape index (κ3) is 5.48. The van der Waals surface area contributed by atoms with Gasteiger partial charge in [-0.1, -0.05) is 36.4 Å². The van der Waals surface area contributed by atoms with Crippen LogP contribution in [0.5, 0.6) is 5.75 Å². The maximum atomic E-state index is 12.8. The molecule has 1 heterocycles. The summed E-state index contributed by atoms with van der Waals surface area (Å²) in [5.41, 5.74) is 1.42. The average molecular weight is 472 g/mol. The second-order valence-corrected chi connectivity index (χ2v) is 10.2. The van der Waals surface area contributed by atoms with Crippen LogP contribution in [0.15, 0.2) is 70.9 Å². The number of amides is 1. The molecule has 1 saturated carbocycles. The molecule has 3 aromatic rings. The minimum Gasteiger partial charge on any atom is -0.495 e. The van der Waals surface area contributed by atoms with Crippen LogP contribution in [0.4, 0.5) is 5.69 Å². The number of methoxy groups -OCH3 is 1. The Hall–Kier alpha value is -2.88. The maximum Gasteiger partial charge on any atom is 0.240 e. The molecule has 1 aliphatic carbocycles. The summed E-state index contributed by atoms with van der Waals surface area (Å²) >= 11 is 1.57. The van der Waals surface area contributed by atoms with Crippen LogP contribution < -0.4 is 20.1 Å². The van der Waals surface area contributed by atoms with Crippen LogP contribution >= 0.6 is 11.3 Å². The highest BCUT2D eigenvalue weighted by Crippen LogP contribution is 2.29. The van der Waals surface area contributed by atoms with E-state index >= 15 is 0 Å². The van der Waals surface area contributed by atoms with Gasteiger partial charge in [0.05, 0.1) is 30.3 Å². The molecule has 1 amide bonds. The Labute approximate surface area is 191 Å². The first-order valence-corrected chi connectivity index (χ1v) is 12.6. The molecule has 3 N–H and O–H groups in total. The fourth-order valence-electron chi connectivity index (χ4n) is 3.29. The average Bonchev–Trinajstić information content (AvgIpc) is 3.43. The van der Waals surface area contributed by atoms with Gasteiger partial charge in [0.15, 0.2) is 0 Å². The molecule has 168 valence electrons. The standard InChI is InChI=1S/C23H25N3O4S2/c1-30-20-12-11-18(32(28,29)26-17-9-10-17)14-19(20)24-15-22(27)25-23(21-8-5-13-31-21)16-6-3-2-4-7-16/h2-8,11-14,17,23-24,26H,9-10,15H2,1H3,(H,25,27). The lowest BCUT2D eigenvalue weighted by atomic mass is 10.1. The van der Waals surface area contributed by atoms with Crippen LogP contribution in [0.3, 0.4) is 0 Å². The van der Waals surface area contributed by atoms with Gasteiger partial charge in [-0.3, -0.25) is 4.79 Å². The van der Waals surface area contributed by atoms with Crippen molar-refractivity contribution in [3.8, 4) is 5.75 Å². The smallest absolute Gasteiger partial charge is 0.240 e. The van der Waals surface area contributed by atoms with Crippen molar-refractivity contribution in [3.63, 3.8) is 0 Å². The molecule has 1 unspecified atom stereocenters. The molecule has 0 bridgehead atoms. The van der Waals surface area contributed by atoms with Crippen molar-refractivity contribution in [2.24, 2.45) is 0 Å². The number of carbonyl (C=O) groups excluding carboxylic acids is 1. The Morgan fingerprint density at radius 2 is 1.91 bits per heavy atom. The summed E-state index contributed by atoms with van der Waals surface area (Å²) in [6, 6.07) is 18.0. The maximum absolute atomic E-state index is 12.8. The third-order valence-electron chi connectivity index (χ3n) is 5.09. The number of sulfonamides is 1. The first-order chi connectivity index (χ1) is 15.5. The SMILES string of the molecule is COc1ccc(S(=O)(=O)NC2CC2)cc1NCC(=O)NC(c1ccccc1)c1cccs1. The number of benzene rings is 2. The van der Waals surface area contributed by atoms with Gasteiger partial charge in [-0.2, -0.15) is 0 Å². The summed E-state index contributed by atoms with van der Waals surface area (Å²) in [4.78, 5) is 14.0. The van der Waals surface area contributed by atoms with Gasteiger partial charge in [-0.15, -0.1) is 11.3 Å². The second kappa shape index (κ2) is 9.72. The third-order valence-corrected chi connectivity index (χ3v) is 7.54. The predicted molar refractivity (Wildman–Crippen MR) is 126 cm³/mol. The normalized spacial score (nSPS) is 14.5. The summed E-state index contributed by atoms with van der Waals surface area (Å²) in [6.45, 7) is -0.0371. The molecule has 0 spiro atoms. The van der Waals surface area contributed by atoms with Crippen LogP contribution in [0.1, 0.15) is 29.3 Å². The fraction of sp³-hybridized carbons (Fsp3) is 0.261. The summed E-state index contributed by atoms with van der Waals surface area (Å²) in [7, 11) is -2.11. The van der Waals surface area contributed by atoms with Crippen LogP contribution in [0.25, 0.3) is 0 Å². The molecule has 0 aliphatic heterocycles. The lowest BCUT2D eigenvalue weighted by Gasteiger charge is -2.19. The van der Waals surface area contributed by atoms with Gasteiger partial charge in [0.2, 0.25) is 15.9 Å². The van der Waals surface area contributed by atoms with E-state index in [-0.39, 0.29) is 29.4 Å². The molecule has 1 atom stereocenters. The predicted octanol–water partition coefficient (Wildman–Crippen LogP) is 3.52. The van der Waals surface area contributed by atoms with E-state index in [1.54, 1.807) is 17.4 Å². The second-order valence-electron chi connectivity index (χ2n) is 7.54. The lowest BCUT2D eigenvalue weighted by Crippen LogP contribution is -2.33. The Morgan fingerprint density at radius 3 is 2.56 bits per heavy atom. The zero-order chi connectivity index (χ0) is 22.6. The zero-order valence-corrected chi connectivity index (χ0v) is 19.2. The van der Waals surface area contributed by atoms with Crippen molar-refractivity contribution in [1.82, 2.24) is 10.0 Å². The van der Waals surface area contributed by atoms with Gasteiger partial charge in [-0.25, -0.2) is 13.1 Å². The highest BCUT2D eigenvalue weighted by molar-refractivity contribution is 7.89. The van der Waals surface area contributed by atoms with E-state index in [0.717, 1.165) is 23.3 Å². The van der Waals surface area contributed by atoms with E-state index in [4.69, 9.17) is 4.74 Å². The van der Waals surface area contributed by atoms with Crippen molar-refractivity contribution >= 4 is 33.0 Å². The number of thiophene rings is 1. The minimum absolute atomic E-state index is 0.0106. The van der Waals surface area contributed by atoms with Crippen LogP contribution in [-0.4, -0.2) is 34.0 Å². The van der Waals surface area contributed by atoms with Gasteiger partial charge in [0.25, 0.3) is 0 Å². The van der Waals surface area contributed by atoms with E-state index in [2.05, 4.69) is 15.4 Å². The first kappa shape index (κ1) is 22.3. The van der Waals surface area contributed by atoms with E-state index in [1.165, 1.54) is 19.2 Å². The fourth-order valence-corrected chi connectivity index (χ4v) is 5.42. The Balaban J connectivity index is 1.47. The molecule has 1 aliphatic rings. The molecular weight excluding hydrogens is 446 g/mol. The van der Waals surface area contributed by atoms with Crippen molar-refractivity contribution in [3.05, 3.63) is 76.5 Å². The van der Waals surface area contributed by atoms with Gasteiger partial charge in [0.1, 0.15) is 5.75 Å². The van der Waals surface area contributed by atoms with E-state index in [1.807, 2.05) is 47.8 Å². The summed E-state index contributed by atoms with van der Waals surface area (Å²) < 4.78 is 33.1. The van der Waals surface area contributed by atoms with Crippen molar-refractivity contribution in [2.75, 3.05) is 19.0 Å². The van der Waals surface area contributed by atoms with Gasteiger partial charge in [-0.05, 0) is 48.1 Å². The van der Waals surface area contributed by atoms with E-state index in [0.29, 0.717) is 11.4 Å². The summed E-state index contributed by atoms with van der Waals surface area (Å²) in [6.07, 6.45) is 1.71. The number of carbonyl (C=O) groups is 1. The van der Waals surface area contributed by atoms with Crippen molar-refractivity contribution in [2.45, 2.75) is 29.8 Å². The Morgan fingerprint density at radius 1 is 1.12 bits per heavy atom. The number of hydrogen-bond donors (Lipinski definition) is 3. The quantitative estimate of drug-likeness (QED) is 0.421. The van der Waals surface area contributed by atoms with Crippen LogP contribution in [-0.2, 0) is 14.8 Å². The van der Waals surface area contributed by atoms with Gasteiger partial charge in [0, 0.05) is 10.9 Å². The zero-order valence-electron chi connectivity index (χ0n) is 17.6.